The van der Waals surface area contributed by atoms with E-state index in [1.165, 1.54) is 122 Å². The number of unbranched alkanes of at least 4 members (excludes halogenated alkanes) is 23. The van der Waals surface area contributed by atoms with E-state index in [1.807, 2.05) is 6.08 Å². The van der Waals surface area contributed by atoms with Crippen LogP contribution >= 0.6 is 0 Å². The Morgan fingerprint density at radius 2 is 0.836 bits per heavy atom. The average Bonchev–Trinajstić information content (AvgIpc) is 3.38. The number of aliphatic hydroxyl groups excluding tert-OH is 7. The topological polar surface area (TPSA) is 231 Å². The first kappa shape index (κ1) is 66.6. The molecule has 4 unspecified atom stereocenters. The van der Waals surface area contributed by atoms with E-state index in [0.717, 1.165) is 44.9 Å². The van der Waals surface area contributed by atoms with Crippen LogP contribution in [0.2, 0.25) is 0 Å². The first-order valence-electron chi connectivity index (χ1n) is 28.7. The predicted molar refractivity (Wildman–Crippen MR) is 284 cm³/mol. The number of aliphatic hydroxyl groups is 7. The number of carbonyl (C=O) groups is 2. The molecule has 0 saturated carbocycles. The van der Waals surface area contributed by atoms with Crippen LogP contribution in [0.1, 0.15) is 213 Å². The summed E-state index contributed by atoms with van der Waals surface area (Å²) in [5, 5.41) is 72.2. The summed E-state index contributed by atoms with van der Waals surface area (Å²) in [4.78, 5) is 25.8. The minimum atomic E-state index is -1.78. The van der Waals surface area contributed by atoms with Gasteiger partial charge in [0.15, 0.2) is 18.7 Å². The fourth-order valence-electron chi connectivity index (χ4n) is 8.86. The zero-order chi connectivity index (χ0) is 53.2. The minimum absolute atomic E-state index is 0.0902. The number of esters is 2. The third-order valence-corrected chi connectivity index (χ3v) is 13.6. The normalized spacial score (nSPS) is 25.2. The second kappa shape index (κ2) is 44.6. The third-order valence-electron chi connectivity index (χ3n) is 13.6. The van der Waals surface area contributed by atoms with Crippen LogP contribution < -0.4 is 0 Å². The highest BCUT2D eigenvalue weighted by molar-refractivity contribution is 5.70. The monoisotopic (exact) mass is 1040 g/mol. The van der Waals surface area contributed by atoms with Gasteiger partial charge in [-0.25, -0.2) is 0 Å². The number of allylic oxidation sites excluding steroid dienone is 8. The molecule has 0 spiro atoms. The highest BCUT2D eigenvalue weighted by Crippen LogP contribution is 2.27. The Kier molecular flexibility index (Phi) is 40.6. The third kappa shape index (κ3) is 32.0. The lowest BCUT2D eigenvalue weighted by molar-refractivity contribution is -0.332. The Bertz CT molecular complexity index is 1450. The summed E-state index contributed by atoms with van der Waals surface area (Å²) >= 11 is 0. The van der Waals surface area contributed by atoms with E-state index in [2.05, 4.69) is 56.4 Å². The van der Waals surface area contributed by atoms with Crippen molar-refractivity contribution < 1.29 is 73.8 Å². The van der Waals surface area contributed by atoms with Crippen LogP contribution in [0.4, 0.5) is 0 Å². The van der Waals surface area contributed by atoms with Crippen LogP contribution in [0, 0.1) is 0 Å². The molecule has 0 aromatic carbocycles. The van der Waals surface area contributed by atoms with Gasteiger partial charge in [0.05, 0.1) is 19.8 Å². The van der Waals surface area contributed by atoms with Gasteiger partial charge >= 0.3 is 11.9 Å². The molecule has 7 N–H and O–H groups in total. The zero-order valence-electron chi connectivity index (χ0n) is 45.1. The van der Waals surface area contributed by atoms with Crippen molar-refractivity contribution in [3.05, 3.63) is 48.6 Å². The van der Waals surface area contributed by atoms with Gasteiger partial charge in [-0.15, -0.1) is 0 Å². The van der Waals surface area contributed by atoms with Crippen LogP contribution in [0.5, 0.6) is 0 Å². The summed E-state index contributed by atoms with van der Waals surface area (Å²) in [6.07, 6.45) is 34.3. The second-order valence-corrected chi connectivity index (χ2v) is 20.1. The highest BCUT2D eigenvalue weighted by atomic mass is 16.7. The molecule has 0 bridgehead atoms. The molecule has 0 amide bonds. The standard InChI is InChI=1S/C58H102O15/c1-3-5-7-9-11-13-15-17-19-21-22-23-24-25-27-29-31-33-35-37-39-41-50(61)71-46(43-68-49(60)40-38-36-34-32-30-28-26-20-18-16-14-12-10-8-6-4-2)44-69-57-56(67)54(65)52(63)48(73-57)45-70-58-55(66)53(64)51(62)47(42-59)72-58/h19,21,23-24,27,29,33,35,46-48,51-59,62-67H,3-18,20,22,25-26,28,30-32,34,36-45H2,1-2H3/b21-19+,24-23+,29-27+,35-33+/t46-,47+,48+,51-,52-,53?,54?,55?,56?,57+,58+/m1/s1. The summed E-state index contributed by atoms with van der Waals surface area (Å²) in [5.41, 5.74) is 0. The molecule has 2 fully saturated rings. The Hall–Kier alpha value is -2.54. The quantitative estimate of drug-likeness (QED) is 0.0171. The Morgan fingerprint density at radius 1 is 0.438 bits per heavy atom. The van der Waals surface area contributed by atoms with Gasteiger partial charge in [-0.2, -0.15) is 0 Å². The molecule has 0 aromatic rings. The molecule has 0 radical (unpaired) electrons. The minimum Gasteiger partial charge on any atom is -0.462 e. The fraction of sp³-hybridized carbons (Fsp3) is 0.828. The van der Waals surface area contributed by atoms with E-state index in [4.69, 9.17) is 28.4 Å². The summed E-state index contributed by atoms with van der Waals surface area (Å²) in [5.74, 6) is -0.984. The molecule has 2 aliphatic heterocycles. The fourth-order valence-corrected chi connectivity index (χ4v) is 8.86. The molecule has 0 aromatic heterocycles. The van der Waals surface area contributed by atoms with Crippen LogP contribution in [-0.4, -0.2) is 142 Å². The molecule has 2 aliphatic rings. The predicted octanol–water partition coefficient (Wildman–Crippen LogP) is 9.44. The maximum atomic E-state index is 13.0. The smallest absolute Gasteiger partial charge is 0.306 e. The van der Waals surface area contributed by atoms with Gasteiger partial charge < -0.3 is 64.2 Å². The van der Waals surface area contributed by atoms with E-state index in [9.17, 15) is 45.3 Å². The van der Waals surface area contributed by atoms with Crippen molar-refractivity contribution >= 4 is 11.9 Å². The Labute approximate surface area is 439 Å². The first-order chi connectivity index (χ1) is 35.5. The number of ether oxygens (including phenoxy) is 6. The van der Waals surface area contributed by atoms with E-state index in [0.29, 0.717) is 19.3 Å². The van der Waals surface area contributed by atoms with Gasteiger partial charge in [-0.3, -0.25) is 9.59 Å². The van der Waals surface area contributed by atoms with Gasteiger partial charge in [0.2, 0.25) is 0 Å². The van der Waals surface area contributed by atoms with Crippen LogP contribution in [0.15, 0.2) is 48.6 Å². The maximum absolute atomic E-state index is 13.0. The van der Waals surface area contributed by atoms with E-state index in [-0.39, 0.29) is 19.4 Å². The SMILES string of the molecule is CCCCCCCCC/C=C/C/C=C/C/C=C/C/C=C/CCCC(=O)O[C@H](COC(=O)CCCCCCCCCCCCCCCCCC)CO[C@H]1O[C@@H](CO[C@H]2O[C@@H](CO)[C@@H](O)C(O)C2O)[C@@H](O)C(O)C1O. The molecule has 15 nitrogen and oxygen atoms in total. The van der Waals surface area contributed by atoms with Gasteiger partial charge in [0.25, 0.3) is 0 Å². The summed E-state index contributed by atoms with van der Waals surface area (Å²) in [6.45, 7) is 2.56. The average molecular weight is 1040 g/mol. The van der Waals surface area contributed by atoms with Crippen LogP contribution in [0.25, 0.3) is 0 Å². The summed E-state index contributed by atoms with van der Waals surface area (Å²) in [7, 11) is 0. The van der Waals surface area contributed by atoms with E-state index in [1.54, 1.807) is 0 Å². The lowest BCUT2D eigenvalue weighted by Crippen LogP contribution is -2.61. The van der Waals surface area contributed by atoms with E-state index < -0.39 is 99.3 Å². The first-order valence-corrected chi connectivity index (χ1v) is 28.7. The lowest BCUT2D eigenvalue weighted by atomic mass is 9.98. The zero-order valence-corrected chi connectivity index (χ0v) is 45.1. The molecule has 0 aliphatic carbocycles. The largest absolute Gasteiger partial charge is 0.462 e. The number of hydrogen-bond donors (Lipinski definition) is 7. The summed E-state index contributed by atoms with van der Waals surface area (Å²) in [6, 6.07) is 0. The van der Waals surface area contributed by atoms with Gasteiger partial charge in [-0.1, -0.05) is 197 Å². The van der Waals surface area contributed by atoms with Gasteiger partial charge in [0.1, 0.15) is 55.4 Å². The number of hydrogen-bond acceptors (Lipinski definition) is 15. The number of rotatable bonds is 45. The molecular weight excluding hydrogens is 937 g/mol. The van der Waals surface area contributed by atoms with Crippen LogP contribution in [-0.2, 0) is 38.0 Å². The molecule has 2 rings (SSSR count). The second-order valence-electron chi connectivity index (χ2n) is 20.1. The maximum Gasteiger partial charge on any atom is 0.306 e. The molecule has 2 heterocycles. The lowest BCUT2D eigenvalue weighted by Gasteiger charge is -2.42. The molecule has 15 heteroatoms. The van der Waals surface area contributed by atoms with Crippen molar-refractivity contribution in [2.24, 2.45) is 0 Å². The van der Waals surface area contributed by atoms with Gasteiger partial charge in [-0.05, 0) is 51.4 Å². The molecular formula is C58H102O15. The van der Waals surface area contributed by atoms with Crippen molar-refractivity contribution in [3.63, 3.8) is 0 Å². The van der Waals surface area contributed by atoms with E-state index >= 15 is 0 Å². The molecule has 2 saturated heterocycles. The van der Waals surface area contributed by atoms with Crippen molar-refractivity contribution in [1.82, 2.24) is 0 Å². The van der Waals surface area contributed by atoms with Crippen molar-refractivity contribution in [2.45, 2.75) is 280 Å². The number of carbonyl (C=O) groups excluding carboxylic acids is 2. The van der Waals surface area contributed by atoms with Crippen molar-refractivity contribution in [2.75, 3.05) is 26.4 Å². The molecule has 73 heavy (non-hydrogen) atoms. The summed E-state index contributed by atoms with van der Waals surface area (Å²) < 4.78 is 33.6. The Balaban J connectivity index is 1.79. The molecule has 424 valence electrons. The Morgan fingerprint density at radius 3 is 1.33 bits per heavy atom. The highest BCUT2D eigenvalue weighted by Gasteiger charge is 2.47. The van der Waals surface area contributed by atoms with Gasteiger partial charge in [0, 0.05) is 12.8 Å². The van der Waals surface area contributed by atoms with Crippen LogP contribution in [0.3, 0.4) is 0 Å². The van der Waals surface area contributed by atoms with Crippen molar-refractivity contribution in [3.8, 4) is 0 Å². The molecule has 11 atom stereocenters. The van der Waals surface area contributed by atoms with Crippen molar-refractivity contribution in [1.29, 1.82) is 0 Å².